The van der Waals surface area contributed by atoms with Crippen molar-refractivity contribution in [1.29, 1.82) is 0 Å². The molecule has 0 aromatic heterocycles. The minimum Gasteiger partial charge on any atom is -0.511 e. The molecule has 0 radical (unpaired) electrons. The molecule has 0 aliphatic heterocycles. The Morgan fingerprint density at radius 1 is 1.53 bits per heavy atom. The number of rotatable bonds is 6. The number of allylic oxidation sites excluding steroid dienone is 1. The number of ether oxygens (including phenoxy) is 1. The zero-order valence-corrected chi connectivity index (χ0v) is 10.8. The zero-order valence-electron chi connectivity index (χ0n) is 10.8. The highest BCUT2D eigenvalue weighted by Crippen LogP contribution is 2.22. The molecule has 1 aliphatic carbocycles. The lowest BCUT2D eigenvalue weighted by molar-refractivity contribution is -0.135. The van der Waals surface area contributed by atoms with Gasteiger partial charge in [0.05, 0.1) is 12.2 Å². The second-order valence-corrected chi connectivity index (χ2v) is 3.84. The van der Waals surface area contributed by atoms with Gasteiger partial charge in [0.25, 0.3) is 0 Å². The molecule has 0 fully saturated rings. The average Bonchev–Trinajstić information content (AvgIpc) is 2.37. The van der Waals surface area contributed by atoms with Gasteiger partial charge in [0.15, 0.2) is 5.78 Å². The van der Waals surface area contributed by atoms with Crippen molar-refractivity contribution in [1.82, 2.24) is 0 Å². The van der Waals surface area contributed by atoms with Crippen LogP contribution in [-0.2, 0) is 19.2 Å². The molecule has 1 N–H and O–H groups in total. The summed E-state index contributed by atoms with van der Waals surface area (Å²) >= 11 is 0. The number of carbonyl (C=O) groups excluding carboxylic acids is 2. The molecule has 0 amide bonds. The summed E-state index contributed by atoms with van der Waals surface area (Å²) in [5, 5.41) is 13.4. The van der Waals surface area contributed by atoms with E-state index in [-0.39, 0.29) is 42.5 Å². The zero-order chi connectivity index (χ0) is 14.3. The van der Waals surface area contributed by atoms with Gasteiger partial charge in [-0.25, -0.2) is 4.79 Å². The number of aliphatic hydroxyl groups excluding tert-OH is 1. The molecule has 0 heterocycles. The third-order valence-corrected chi connectivity index (χ3v) is 2.44. The minimum atomic E-state index is -0.789. The molecule has 1 rings (SSSR count). The summed E-state index contributed by atoms with van der Waals surface area (Å²) in [6.45, 7) is 5.31. The summed E-state index contributed by atoms with van der Waals surface area (Å²) in [5.74, 6) is -1.27. The van der Waals surface area contributed by atoms with Crippen molar-refractivity contribution >= 4 is 17.5 Å². The largest absolute Gasteiger partial charge is 0.511 e. The van der Waals surface area contributed by atoms with E-state index in [0.717, 1.165) is 0 Å². The van der Waals surface area contributed by atoms with Crippen LogP contribution in [-0.4, -0.2) is 35.8 Å². The Morgan fingerprint density at radius 2 is 2.26 bits per heavy atom. The molecule has 0 atom stereocenters. The normalized spacial score (nSPS) is 16.3. The monoisotopic (exact) mass is 267 g/mol. The number of Topliss-reactive ketones (excluding diaryl/α,β-unsaturated/α-hetero) is 1. The highest BCUT2D eigenvalue weighted by Gasteiger charge is 2.30. The Kier molecular flexibility index (Phi) is 5.78. The predicted molar refractivity (Wildman–Crippen MR) is 68.7 cm³/mol. The highest BCUT2D eigenvalue weighted by molar-refractivity contribution is 6.49. The number of ketones is 1. The maximum atomic E-state index is 11.8. The quantitative estimate of drug-likeness (QED) is 0.260. The Bertz CT molecular complexity index is 436. The number of hydrogen-bond acceptors (Lipinski definition) is 6. The maximum absolute atomic E-state index is 11.8. The van der Waals surface area contributed by atoms with E-state index in [1.165, 1.54) is 6.08 Å². The summed E-state index contributed by atoms with van der Waals surface area (Å²) in [7, 11) is 0. The summed E-state index contributed by atoms with van der Waals surface area (Å²) < 4.78 is 4.81. The Hall–Kier alpha value is -2.11. The van der Waals surface area contributed by atoms with E-state index in [1.54, 1.807) is 6.92 Å². The number of esters is 1. The highest BCUT2D eigenvalue weighted by atomic mass is 16.6. The first-order valence-electron chi connectivity index (χ1n) is 6.05. The second-order valence-electron chi connectivity index (χ2n) is 3.84. The van der Waals surface area contributed by atoms with Gasteiger partial charge in [-0.2, -0.15) is 0 Å². The van der Waals surface area contributed by atoms with Gasteiger partial charge >= 0.3 is 5.97 Å². The van der Waals surface area contributed by atoms with Crippen LogP contribution in [0.25, 0.3) is 0 Å². The fourth-order valence-corrected chi connectivity index (χ4v) is 1.64. The topological polar surface area (TPSA) is 85.2 Å². The number of nitrogens with zero attached hydrogens (tertiary/aromatic N) is 1. The maximum Gasteiger partial charge on any atom is 0.361 e. The SMILES string of the molecule is C=CCO/N=C(\C(=O)OCC)C1=C(O)CCCC1=O. The fourth-order valence-electron chi connectivity index (χ4n) is 1.64. The molecule has 0 aromatic carbocycles. The summed E-state index contributed by atoms with van der Waals surface area (Å²) in [4.78, 5) is 28.4. The van der Waals surface area contributed by atoms with Gasteiger partial charge in [0.1, 0.15) is 12.4 Å². The summed E-state index contributed by atoms with van der Waals surface area (Å²) in [6.07, 6.45) is 2.60. The van der Waals surface area contributed by atoms with Crippen LogP contribution in [0, 0.1) is 0 Å². The minimum absolute atomic E-state index is 0.0884. The Labute approximate surface area is 111 Å². The number of aliphatic hydroxyl groups is 1. The number of carbonyl (C=O) groups is 2. The van der Waals surface area contributed by atoms with Gasteiger partial charge in [-0.05, 0) is 13.3 Å². The molecule has 0 bridgehead atoms. The van der Waals surface area contributed by atoms with Gasteiger partial charge in [0.2, 0.25) is 5.71 Å². The Balaban J connectivity index is 3.07. The van der Waals surface area contributed by atoms with Gasteiger partial charge in [-0.3, -0.25) is 4.79 Å². The molecule has 6 nitrogen and oxygen atoms in total. The molecule has 0 spiro atoms. The van der Waals surface area contributed by atoms with E-state index < -0.39 is 5.97 Å². The van der Waals surface area contributed by atoms with Crippen LogP contribution in [0.2, 0.25) is 0 Å². The van der Waals surface area contributed by atoms with Gasteiger partial charge in [-0.15, -0.1) is 0 Å². The van der Waals surface area contributed by atoms with Crippen molar-refractivity contribution in [2.75, 3.05) is 13.2 Å². The predicted octanol–water partition coefficient (Wildman–Crippen LogP) is 1.67. The van der Waals surface area contributed by atoms with E-state index >= 15 is 0 Å². The van der Waals surface area contributed by atoms with Crippen molar-refractivity contribution in [2.45, 2.75) is 26.2 Å². The standard InChI is InChI=1S/C13H17NO5/c1-3-8-19-14-12(13(17)18-4-2)11-9(15)6-5-7-10(11)16/h3,15H,1,4-8H2,2H3/b14-12-. The first-order valence-corrected chi connectivity index (χ1v) is 6.05. The second kappa shape index (κ2) is 7.35. The Morgan fingerprint density at radius 3 is 2.84 bits per heavy atom. The molecule has 0 unspecified atom stereocenters. The van der Waals surface area contributed by atoms with Crippen LogP contribution in [0.5, 0.6) is 0 Å². The van der Waals surface area contributed by atoms with Crippen LogP contribution < -0.4 is 0 Å². The van der Waals surface area contributed by atoms with Crippen LogP contribution in [0.3, 0.4) is 0 Å². The van der Waals surface area contributed by atoms with Crippen molar-refractivity contribution in [3.05, 3.63) is 24.0 Å². The van der Waals surface area contributed by atoms with Crippen molar-refractivity contribution < 1.29 is 24.3 Å². The first kappa shape index (κ1) is 14.9. The van der Waals surface area contributed by atoms with Crippen LogP contribution >= 0.6 is 0 Å². The third kappa shape index (κ3) is 3.94. The van der Waals surface area contributed by atoms with Crippen LogP contribution in [0.4, 0.5) is 0 Å². The van der Waals surface area contributed by atoms with E-state index in [9.17, 15) is 14.7 Å². The van der Waals surface area contributed by atoms with E-state index in [2.05, 4.69) is 11.7 Å². The molecule has 19 heavy (non-hydrogen) atoms. The van der Waals surface area contributed by atoms with Crippen LogP contribution in [0.1, 0.15) is 26.2 Å². The summed E-state index contributed by atoms with van der Waals surface area (Å²) in [6, 6.07) is 0. The van der Waals surface area contributed by atoms with Gasteiger partial charge in [-0.1, -0.05) is 17.8 Å². The smallest absolute Gasteiger partial charge is 0.361 e. The molecule has 0 aromatic rings. The van der Waals surface area contributed by atoms with E-state index in [0.29, 0.717) is 12.8 Å². The number of hydrogen-bond donors (Lipinski definition) is 1. The molecular formula is C13H17NO5. The fraction of sp³-hybridized carbons (Fsp3) is 0.462. The lowest BCUT2D eigenvalue weighted by Gasteiger charge is -2.15. The van der Waals surface area contributed by atoms with Crippen molar-refractivity contribution in [3.63, 3.8) is 0 Å². The molecule has 0 saturated heterocycles. The molecule has 6 heteroatoms. The third-order valence-electron chi connectivity index (χ3n) is 2.44. The molecule has 0 saturated carbocycles. The average molecular weight is 267 g/mol. The van der Waals surface area contributed by atoms with E-state index in [1.807, 2.05) is 0 Å². The summed E-state index contributed by atoms with van der Waals surface area (Å²) in [5.41, 5.74) is -0.389. The lowest BCUT2D eigenvalue weighted by atomic mass is 9.93. The first-order chi connectivity index (χ1) is 9.11. The van der Waals surface area contributed by atoms with Gasteiger partial charge < -0.3 is 14.7 Å². The van der Waals surface area contributed by atoms with Gasteiger partial charge in [0, 0.05) is 12.8 Å². The van der Waals surface area contributed by atoms with Crippen LogP contribution in [0.15, 0.2) is 29.1 Å². The van der Waals surface area contributed by atoms with Crippen molar-refractivity contribution in [2.24, 2.45) is 5.16 Å². The van der Waals surface area contributed by atoms with E-state index in [4.69, 9.17) is 9.57 Å². The molecular weight excluding hydrogens is 250 g/mol. The lowest BCUT2D eigenvalue weighted by Crippen LogP contribution is -2.28. The van der Waals surface area contributed by atoms with Crippen molar-refractivity contribution in [3.8, 4) is 0 Å². The molecule has 1 aliphatic rings. The number of oxime groups is 1. The molecule has 104 valence electrons.